The van der Waals surface area contributed by atoms with E-state index < -0.39 is 0 Å². The van der Waals surface area contributed by atoms with E-state index in [9.17, 15) is 0 Å². The maximum Gasteiger partial charge on any atom is 0.191 e. The van der Waals surface area contributed by atoms with Crippen LogP contribution in [0, 0.1) is 6.92 Å². The molecule has 7 nitrogen and oxygen atoms in total. The normalized spacial score (nSPS) is 17.1. The second-order valence-electron chi connectivity index (χ2n) is 7.16. The molecule has 0 saturated carbocycles. The Bertz CT molecular complexity index is 794. The molecule has 1 atom stereocenters. The van der Waals surface area contributed by atoms with Crippen molar-refractivity contribution >= 4 is 11.8 Å². The summed E-state index contributed by atoms with van der Waals surface area (Å²) in [5.74, 6) is 2.62. The van der Waals surface area contributed by atoms with Crippen molar-refractivity contribution in [3.05, 3.63) is 53.7 Å². The number of benzene rings is 1. The van der Waals surface area contributed by atoms with Gasteiger partial charge in [-0.05, 0) is 43.7 Å². The number of nitrogens with one attached hydrogen (secondary N) is 2. The highest BCUT2D eigenvalue weighted by Gasteiger charge is 2.18. The van der Waals surface area contributed by atoms with Crippen LogP contribution in [0.5, 0.6) is 5.75 Å². The molecule has 0 aliphatic carbocycles. The summed E-state index contributed by atoms with van der Waals surface area (Å²) in [5.41, 5.74) is 2.38. The lowest BCUT2D eigenvalue weighted by molar-refractivity contribution is 0.0529. The quantitative estimate of drug-likeness (QED) is 0.425. The number of hydrogen-bond donors (Lipinski definition) is 2. The molecular formula is C22H31N5O2. The summed E-state index contributed by atoms with van der Waals surface area (Å²) in [4.78, 5) is 11.1. The first-order chi connectivity index (χ1) is 14.1. The molecule has 7 heteroatoms. The fraction of sp³-hybridized carbons (Fsp3) is 0.455. The van der Waals surface area contributed by atoms with E-state index in [1.54, 1.807) is 7.05 Å². The van der Waals surface area contributed by atoms with E-state index >= 15 is 0 Å². The molecule has 1 aliphatic heterocycles. The maximum atomic E-state index is 5.74. The molecule has 3 rings (SSSR count). The van der Waals surface area contributed by atoms with Crippen LogP contribution in [0.4, 0.5) is 5.82 Å². The van der Waals surface area contributed by atoms with Crippen LogP contribution in [0.1, 0.15) is 18.1 Å². The van der Waals surface area contributed by atoms with E-state index in [1.165, 1.54) is 5.56 Å². The minimum atomic E-state index is 0.234. The fourth-order valence-electron chi connectivity index (χ4n) is 3.15. The summed E-state index contributed by atoms with van der Waals surface area (Å²) in [6.07, 6.45) is 2.09. The van der Waals surface area contributed by atoms with Crippen LogP contribution in [-0.4, -0.2) is 56.9 Å². The van der Waals surface area contributed by atoms with Gasteiger partial charge in [0.1, 0.15) is 18.2 Å². The number of rotatable bonds is 7. The largest absolute Gasteiger partial charge is 0.492 e. The Balaban J connectivity index is 1.43. The van der Waals surface area contributed by atoms with Crippen LogP contribution in [0.3, 0.4) is 0 Å². The third kappa shape index (κ3) is 6.64. The van der Waals surface area contributed by atoms with E-state index in [1.807, 2.05) is 36.5 Å². The molecule has 0 radical (unpaired) electrons. The second kappa shape index (κ2) is 10.7. The van der Waals surface area contributed by atoms with Crippen LogP contribution >= 0.6 is 0 Å². The van der Waals surface area contributed by atoms with Crippen LogP contribution in [0.25, 0.3) is 0 Å². The Kier molecular flexibility index (Phi) is 7.69. The van der Waals surface area contributed by atoms with Crippen LogP contribution in [0.15, 0.2) is 47.6 Å². The van der Waals surface area contributed by atoms with E-state index in [-0.39, 0.29) is 6.10 Å². The van der Waals surface area contributed by atoms with Gasteiger partial charge in [-0.1, -0.05) is 17.7 Å². The molecule has 0 spiro atoms. The Morgan fingerprint density at radius 2 is 2.10 bits per heavy atom. The van der Waals surface area contributed by atoms with E-state index in [4.69, 9.17) is 9.47 Å². The number of aryl methyl sites for hydroxylation is 1. The molecule has 2 heterocycles. The van der Waals surface area contributed by atoms with Gasteiger partial charge in [0.25, 0.3) is 0 Å². The Labute approximate surface area is 173 Å². The topological polar surface area (TPSA) is 71.0 Å². The Morgan fingerprint density at radius 3 is 2.86 bits per heavy atom. The minimum absolute atomic E-state index is 0.234. The van der Waals surface area contributed by atoms with Gasteiger partial charge in [-0.3, -0.25) is 4.99 Å². The van der Waals surface area contributed by atoms with Gasteiger partial charge in [0.2, 0.25) is 0 Å². The molecular weight excluding hydrogens is 366 g/mol. The number of guanidine groups is 1. The van der Waals surface area contributed by atoms with Crippen LogP contribution in [-0.2, 0) is 11.3 Å². The summed E-state index contributed by atoms with van der Waals surface area (Å²) in [7, 11) is 1.77. The van der Waals surface area contributed by atoms with Crippen molar-refractivity contribution in [1.82, 2.24) is 15.6 Å². The maximum absolute atomic E-state index is 5.74. The number of aromatic nitrogens is 1. The summed E-state index contributed by atoms with van der Waals surface area (Å²) < 4.78 is 11.4. The standard InChI is InChI=1S/C22H31N5O2/c1-17-4-6-20(7-5-17)29-12-10-25-22(23-3)26-15-19-8-9-24-21(14-19)27-11-13-28-18(2)16-27/h4-9,14,18H,10-13,15-16H2,1-3H3,(H2,23,25,26). The first-order valence-corrected chi connectivity index (χ1v) is 10.1. The molecule has 29 heavy (non-hydrogen) atoms. The van der Waals surface area contributed by atoms with E-state index in [2.05, 4.69) is 45.4 Å². The van der Waals surface area contributed by atoms with E-state index in [0.29, 0.717) is 19.7 Å². The zero-order chi connectivity index (χ0) is 20.5. The second-order valence-corrected chi connectivity index (χ2v) is 7.16. The van der Waals surface area contributed by atoms with Gasteiger partial charge in [-0.2, -0.15) is 0 Å². The lowest BCUT2D eigenvalue weighted by Crippen LogP contribution is -2.41. The lowest BCUT2D eigenvalue weighted by atomic mass is 10.2. The summed E-state index contributed by atoms with van der Waals surface area (Å²) in [6.45, 7) is 8.55. The van der Waals surface area contributed by atoms with Crippen molar-refractivity contribution in [1.29, 1.82) is 0 Å². The highest BCUT2D eigenvalue weighted by molar-refractivity contribution is 5.79. The Morgan fingerprint density at radius 1 is 1.28 bits per heavy atom. The number of pyridine rings is 1. The summed E-state index contributed by atoms with van der Waals surface area (Å²) in [6, 6.07) is 12.2. The minimum Gasteiger partial charge on any atom is -0.492 e. The fourth-order valence-corrected chi connectivity index (χ4v) is 3.15. The summed E-state index contributed by atoms with van der Waals surface area (Å²) in [5, 5.41) is 6.62. The molecule has 1 aromatic carbocycles. The molecule has 1 aliphatic rings. The third-order valence-corrected chi connectivity index (χ3v) is 4.74. The number of morpholine rings is 1. The van der Waals surface area contributed by atoms with Gasteiger partial charge < -0.3 is 25.0 Å². The molecule has 156 valence electrons. The van der Waals surface area contributed by atoms with Crippen LogP contribution < -0.4 is 20.3 Å². The van der Waals surface area contributed by atoms with Crippen LogP contribution in [0.2, 0.25) is 0 Å². The van der Waals surface area contributed by atoms with Crippen molar-refractivity contribution in [2.24, 2.45) is 4.99 Å². The molecule has 1 aromatic heterocycles. The van der Waals surface area contributed by atoms with Crippen molar-refractivity contribution in [2.75, 3.05) is 44.8 Å². The average Bonchev–Trinajstić information content (AvgIpc) is 2.75. The number of ether oxygens (including phenoxy) is 2. The SMILES string of the molecule is CN=C(NCCOc1ccc(C)cc1)NCc1ccnc(N2CCOC(C)C2)c1. The molecule has 0 amide bonds. The zero-order valence-corrected chi connectivity index (χ0v) is 17.5. The van der Waals surface area contributed by atoms with Crippen molar-refractivity contribution in [3.8, 4) is 5.75 Å². The van der Waals surface area contributed by atoms with E-state index in [0.717, 1.165) is 42.8 Å². The predicted molar refractivity (Wildman–Crippen MR) is 117 cm³/mol. The molecule has 1 saturated heterocycles. The highest BCUT2D eigenvalue weighted by atomic mass is 16.5. The first kappa shape index (κ1) is 20.9. The molecule has 1 fully saturated rings. The van der Waals surface area contributed by atoms with Crippen molar-refractivity contribution in [3.63, 3.8) is 0 Å². The number of anilines is 1. The van der Waals surface area contributed by atoms with Crippen molar-refractivity contribution < 1.29 is 9.47 Å². The number of nitrogens with zero attached hydrogens (tertiary/aromatic N) is 3. The zero-order valence-electron chi connectivity index (χ0n) is 17.5. The number of aliphatic imine (C=N–C) groups is 1. The lowest BCUT2D eigenvalue weighted by Gasteiger charge is -2.32. The van der Waals surface area contributed by atoms with Gasteiger partial charge in [-0.25, -0.2) is 4.98 Å². The predicted octanol–water partition coefficient (Wildman–Crippen LogP) is 2.36. The van der Waals surface area contributed by atoms with Gasteiger partial charge in [0.15, 0.2) is 5.96 Å². The van der Waals surface area contributed by atoms with Gasteiger partial charge in [-0.15, -0.1) is 0 Å². The molecule has 2 N–H and O–H groups in total. The van der Waals surface area contributed by atoms with Gasteiger partial charge in [0, 0.05) is 32.9 Å². The highest BCUT2D eigenvalue weighted by Crippen LogP contribution is 2.16. The summed E-state index contributed by atoms with van der Waals surface area (Å²) >= 11 is 0. The molecule has 1 unspecified atom stereocenters. The number of hydrogen-bond acceptors (Lipinski definition) is 5. The first-order valence-electron chi connectivity index (χ1n) is 10.1. The molecule has 2 aromatic rings. The van der Waals surface area contributed by atoms with Crippen molar-refractivity contribution in [2.45, 2.75) is 26.5 Å². The Hall–Kier alpha value is -2.80. The third-order valence-electron chi connectivity index (χ3n) is 4.74. The van der Waals surface area contributed by atoms with Gasteiger partial charge >= 0.3 is 0 Å². The smallest absolute Gasteiger partial charge is 0.191 e. The average molecular weight is 398 g/mol. The molecule has 0 bridgehead atoms. The van der Waals surface area contributed by atoms with Gasteiger partial charge in [0.05, 0.1) is 19.3 Å². The monoisotopic (exact) mass is 397 g/mol.